The molecule has 3 amide bonds. The number of carbonyl (C=O) groups excluding carboxylic acids is 3. The van der Waals surface area contributed by atoms with Crippen molar-refractivity contribution in [2.75, 3.05) is 63.2 Å². The van der Waals surface area contributed by atoms with Gasteiger partial charge in [0.1, 0.15) is 5.82 Å². The first kappa shape index (κ1) is 31.7. The van der Waals surface area contributed by atoms with Gasteiger partial charge in [0.2, 0.25) is 11.8 Å². The van der Waals surface area contributed by atoms with E-state index in [2.05, 4.69) is 29.4 Å². The van der Waals surface area contributed by atoms with Gasteiger partial charge in [-0.2, -0.15) is 13.2 Å². The Hall–Kier alpha value is -3.71. The molecule has 13 heteroatoms. The highest BCUT2D eigenvalue weighted by Gasteiger charge is 2.50. The zero-order valence-electron chi connectivity index (χ0n) is 24.9. The number of anilines is 2. The van der Waals surface area contributed by atoms with Crippen molar-refractivity contribution in [1.29, 1.82) is 0 Å². The van der Waals surface area contributed by atoms with E-state index < -0.39 is 48.6 Å². The largest absolute Gasteiger partial charge is 0.393 e. The molecule has 0 saturated carbocycles. The van der Waals surface area contributed by atoms with E-state index in [4.69, 9.17) is 4.74 Å². The summed E-state index contributed by atoms with van der Waals surface area (Å²) in [5, 5.41) is 5.07. The number of nitrogens with zero attached hydrogens (tertiary/aromatic N) is 3. The third kappa shape index (κ3) is 6.68. The van der Waals surface area contributed by atoms with Crippen LogP contribution < -0.4 is 15.5 Å². The van der Waals surface area contributed by atoms with Crippen LogP contribution in [-0.2, 0) is 14.3 Å². The van der Waals surface area contributed by atoms with Crippen LogP contribution >= 0.6 is 0 Å². The standard InChI is InChI=1S/C31H37F4N5O4/c1-18-16-40(17-19(2)38(18)3)27-7-5-20(22-12-21(4-6-25(22)32)30(43)39-8-10-44-11-9-39)13-26(27)37-29(42)23-15-36-28(41)14-24(23)31(33,34)35/h4-7,12-13,18-19,23-24H,8-11,14-17H2,1-3H3,(H,36,41)(H,37,42)/t18-,19+,23?,24?. The summed E-state index contributed by atoms with van der Waals surface area (Å²) in [6.07, 6.45) is -5.58. The van der Waals surface area contributed by atoms with E-state index in [1.165, 1.54) is 24.3 Å². The van der Waals surface area contributed by atoms with Crippen LogP contribution in [0.3, 0.4) is 0 Å². The maximum atomic E-state index is 15.3. The van der Waals surface area contributed by atoms with E-state index >= 15 is 4.39 Å². The van der Waals surface area contributed by atoms with Crippen molar-refractivity contribution in [3.8, 4) is 11.1 Å². The molecule has 3 saturated heterocycles. The average Bonchev–Trinajstić information content (AvgIpc) is 2.99. The number of alkyl halides is 3. The zero-order chi connectivity index (χ0) is 31.8. The molecule has 3 aliphatic heterocycles. The quantitative estimate of drug-likeness (QED) is 0.496. The molecule has 2 aromatic carbocycles. The molecule has 0 spiro atoms. The second-order valence-electron chi connectivity index (χ2n) is 11.9. The molecule has 238 valence electrons. The lowest BCUT2D eigenvalue weighted by Gasteiger charge is -2.44. The number of benzene rings is 2. The SMILES string of the molecule is C[C@@H]1CN(c2ccc(-c3cc(C(=O)N4CCOCC4)ccc3F)cc2NC(=O)C2CNC(=O)CC2C(F)(F)F)C[C@H](C)N1C. The Morgan fingerprint density at radius 2 is 1.70 bits per heavy atom. The predicted octanol–water partition coefficient (Wildman–Crippen LogP) is 3.75. The van der Waals surface area contributed by atoms with E-state index in [1.54, 1.807) is 17.0 Å². The normalized spacial score (nSPS) is 25.0. The molecular formula is C31H37F4N5O4. The van der Waals surface area contributed by atoms with Gasteiger partial charge in [-0.15, -0.1) is 0 Å². The minimum atomic E-state index is -4.75. The molecule has 5 rings (SSSR count). The Balaban J connectivity index is 1.51. The molecule has 0 aromatic heterocycles. The van der Waals surface area contributed by atoms with Crippen molar-refractivity contribution in [2.45, 2.75) is 38.5 Å². The van der Waals surface area contributed by atoms with Crippen molar-refractivity contribution in [2.24, 2.45) is 11.8 Å². The molecule has 0 radical (unpaired) electrons. The lowest BCUT2D eigenvalue weighted by Crippen LogP contribution is -2.55. The molecular weight excluding hydrogens is 582 g/mol. The van der Waals surface area contributed by atoms with Gasteiger partial charge in [0.25, 0.3) is 5.91 Å². The number of likely N-dealkylation sites (N-methyl/N-ethyl adjacent to an activating group) is 1. The monoisotopic (exact) mass is 619 g/mol. The Labute approximate surface area is 253 Å². The Morgan fingerprint density at radius 1 is 1.02 bits per heavy atom. The fourth-order valence-corrected chi connectivity index (χ4v) is 6.13. The van der Waals surface area contributed by atoms with Crippen LogP contribution in [0.2, 0.25) is 0 Å². The average molecular weight is 620 g/mol. The number of hydrogen-bond donors (Lipinski definition) is 2. The van der Waals surface area contributed by atoms with Crippen molar-refractivity contribution >= 4 is 29.1 Å². The van der Waals surface area contributed by atoms with E-state index in [0.29, 0.717) is 50.6 Å². The molecule has 3 fully saturated rings. The van der Waals surface area contributed by atoms with Gasteiger partial charge in [0.15, 0.2) is 0 Å². The van der Waals surface area contributed by atoms with Crippen molar-refractivity contribution < 1.29 is 36.7 Å². The summed E-state index contributed by atoms with van der Waals surface area (Å²) >= 11 is 0. The van der Waals surface area contributed by atoms with Crippen LogP contribution in [0, 0.1) is 17.7 Å². The van der Waals surface area contributed by atoms with Crippen LogP contribution in [0.5, 0.6) is 0 Å². The molecule has 0 bridgehead atoms. The minimum Gasteiger partial charge on any atom is -0.378 e. The van der Waals surface area contributed by atoms with Crippen LogP contribution in [0.1, 0.15) is 30.6 Å². The van der Waals surface area contributed by atoms with Gasteiger partial charge >= 0.3 is 6.18 Å². The molecule has 0 aliphatic carbocycles. The number of halogens is 4. The van der Waals surface area contributed by atoms with E-state index in [-0.39, 0.29) is 34.8 Å². The summed E-state index contributed by atoms with van der Waals surface area (Å²) in [6.45, 7) is 6.49. The number of ether oxygens (including phenoxy) is 1. The van der Waals surface area contributed by atoms with E-state index in [1.807, 2.05) is 11.9 Å². The Kier molecular flexibility index (Phi) is 9.17. The molecule has 44 heavy (non-hydrogen) atoms. The fourth-order valence-electron chi connectivity index (χ4n) is 6.13. The smallest absolute Gasteiger partial charge is 0.378 e. The molecule has 3 heterocycles. The number of rotatable bonds is 5. The molecule has 9 nitrogen and oxygen atoms in total. The number of nitrogens with one attached hydrogen (secondary N) is 2. The second-order valence-corrected chi connectivity index (χ2v) is 11.9. The van der Waals surface area contributed by atoms with Crippen LogP contribution in [0.4, 0.5) is 28.9 Å². The molecule has 2 aromatic rings. The zero-order valence-corrected chi connectivity index (χ0v) is 24.9. The number of hydrogen-bond acceptors (Lipinski definition) is 6. The van der Waals surface area contributed by atoms with Gasteiger partial charge in [-0.25, -0.2) is 4.39 Å². The second kappa shape index (κ2) is 12.7. The first-order chi connectivity index (χ1) is 20.8. The van der Waals surface area contributed by atoms with Crippen LogP contribution in [0.25, 0.3) is 11.1 Å². The van der Waals surface area contributed by atoms with Gasteiger partial charge in [-0.3, -0.25) is 19.3 Å². The third-order valence-electron chi connectivity index (χ3n) is 8.94. The number of carbonyl (C=O) groups is 3. The van der Waals surface area contributed by atoms with Gasteiger partial charge in [0.05, 0.1) is 36.4 Å². The number of piperidine rings is 1. The molecule has 4 atom stereocenters. The number of piperazine rings is 1. The molecule has 2 unspecified atom stereocenters. The maximum Gasteiger partial charge on any atom is 0.393 e. The van der Waals surface area contributed by atoms with Crippen molar-refractivity contribution in [3.05, 3.63) is 47.8 Å². The van der Waals surface area contributed by atoms with Crippen molar-refractivity contribution in [3.63, 3.8) is 0 Å². The van der Waals surface area contributed by atoms with Gasteiger partial charge in [0, 0.05) is 62.4 Å². The van der Waals surface area contributed by atoms with Gasteiger partial charge < -0.3 is 25.2 Å². The van der Waals surface area contributed by atoms with Crippen LogP contribution in [-0.4, -0.2) is 98.8 Å². The van der Waals surface area contributed by atoms with Crippen LogP contribution in [0.15, 0.2) is 36.4 Å². The topological polar surface area (TPSA) is 94.2 Å². The number of morpholine rings is 1. The molecule has 3 aliphatic rings. The summed E-state index contributed by atoms with van der Waals surface area (Å²) in [4.78, 5) is 44.3. The summed E-state index contributed by atoms with van der Waals surface area (Å²) in [5.74, 6) is -6.19. The summed E-state index contributed by atoms with van der Waals surface area (Å²) < 4.78 is 62.2. The van der Waals surface area contributed by atoms with E-state index in [9.17, 15) is 27.6 Å². The summed E-state index contributed by atoms with van der Waals surface area (Å²) in [6, 6.07) is 9.29. The van der Waals surface area contributed by atoms with Gasteiger partial charge in [-0.05, 0) is 56.8 Å². The highest BCUT2D eigenvalue weighted by atomic mass is 19.4. The molecule has 2 N–H and O–H groups in total. The lowest BCUT2D eigenvalue weighted by atomic mass is 9.84. The third-order valence-corrected chi connectivity index (χ3v) is 8.94. The predicted molar refractivity (Wildman–Crippen MR) is 157 cm³/mol. The first-order valence-electron chi connectivity index (χ1n) is 14.8. The highest BCUT2D eigenvalue weighted by molar-refractivity contribution is 5.99. The van der Waals surface area contributed by atoms with Gasteiger partial charge in [-0.1, -0.05) is 6.07 Å². The maximum absolute atomic E-state index is 15.3. The fraction of sp³-hybridized carbons (Fsp3) is 0.516. The summed E-state index contributed by atoms with van der Waals surface area (Å²) in [5.41, 5.74) is 1.55. The Bertz CT molecular complexity index is 1400. The number of amides is 3. The Morgan fingerprint density at radius 3 is 2.36 bits per heavy atom. The first-order valence-corrected chi connectivity index (χ1v) is 14.8. The van der Waals surface area contributed by atoms with Crippen molar-refractivity contribution in [1.82, 2.24) is 15.1 Å². The minimum absolute atomic E-state index is 0.115. The lowest BCUT2D eigenvalue weighted by molar-refractivity contribution is -0.197. The highest BCUT2D eigenvalue weighted by Crippen LogP contribution is 2.39. The van der Waals surface area contributed by atoms with E-state index in [0.717, 1.165) is 0 Å². The summed E-state index contributed by atoms with van der Waals surface area (Å²) in [7, 11) is 2.01.